The minimum atomic E-state index is -0.634. The molecule has 4 aromatic rings. The second-order valence-corrected chi connectivity index (χ2v) is 8.63. The van der Waals surface area contributed by atoms with Crippen molar-refractivity contribution in [3.63, 3.8) is 0 Å². The third kappa shape index (κ3) is 3.34. The lowest BCUT2D eigenvalue weighted by Gasteiger charge is -2.19. The van der Waals surface area contributed by atoms with E-state index in [1.54, 1.807) is 41.2 Å². The van der Waals surface area contributed by atoms with E-state index in [9.17, 15) is 14.4 Å². The number of nitrogens with two attached hydrogens (primary N) is 1. The zero-order chi connectivity index (χ0) is 23.3. The number of hydrogen-bond acceptors (Lipinski definition) is 7. The maximum absolute atomic E-state index is 12.7. The van der Waals surface area contributed by atoms with Crippen molar-refractivity contribution in [3.05, 3.63) is 59.4 Å². The lowest BCUT2D eigenvalue weighted by molar-refractivity contribution is 0.0646. The Morgan fingerprint density at radius 3 is 2.45 bits per heavy atom. The van der Waals surface area contributed by atoms with Crippen LogP contribution in [-0.2, 0) is 0 Å². The molecule has 0 radical (unpaired) electrons. The number of hydrogen-bond donors (Lipinski definition) is 1. The van der Waals surface area contributed by atoms with Gasteiger partial charge in [-0.15, -0.1) is 0 Å². The number of primary amides is 1. The van der Waals surface area contributed by atoms with Gasteiger partial charge in [0.1, 0.15) is 5.52 Å². The average molecular weight is 461 g/mol. The van der Waals surface area contributed by atoms with Crippen LogP contribution in [0, 0.1) is 0 Å². The molecule has 1 aliphatic heterocycles. The van der Waals surface area contributed by atoms with Gasteiger partial charge < -0.3 is 5.73 Å². The Labute approximate surface area is 193 Å². The van der Waals surface area contributed by atoms with Gasteiger partial charge in [-0.25, -0.2) is 9.97 Å². The van der Waals surface area contributed by atoms with Crippen molar-refractivity contribution in [2.24, 2.45) is 5.73 Å². The summed E-state index contributed by atoms with van der Waals surface area (Å²) >= 11 is 1.42. The van der Waals surface area contributed by atoms with Gasteiger partial charge >= 0.3 is 0 Å². The van der Waals surface area contributed by atoms with Crippen LogP contribution in [0.3, 0.4) is 0 Å². The van der Waals surface area contributed by atoms with E-state index in [1.165, 1.54) is 16.7 Å². The Kier molecular flexibility index (Phi) is 5.09. The Morgan fingerprint density at radius 2 is 1.82 bits per heavy atom. The van der Waals surface area contributed by atoms with Gasteiger partial charge in [-0.1, -0.05) is 30.0 Å². The molecule has 166 valence electrons. The number of aromatic nitrogens is 4. The zero-order valence-electron chi connectivity index (χ0n) is 18.0. The van der Waals surface area contributed by atoms with E-state index in [-0.39, 0.29) is 30.1 Å². The van der Waals surface area contributed by atoms with Crippen molar-refractivity contribution in [2.75, 3.05) is 12.8 Å². The maximum atomic E-state index is 12.7. The molecule has 0 aliphatic carbocycles. The molecular formula is C23H20N6O3S. The molecule has 3 amide bonds. The monoisotopic (exact) mass is 460 g/mol. The Bertz CT molecular complexity index is 1430. The van der Waals surface area contributed by atoms with E-state index in [2.05, 4.69) is 15.1 Å². The van der Waals surface area contributed by atoms with Crippen LogP contribution in [0.2, 0.25) is 0 Å². The first-order valence-corrected chi connectivity index (χ1v) is 11.6. The smallest absolute Gasteiger partial charge is 0.269 e. The van der Waals surface area contributed by atoms with E-state index >= 15 is 0 Å². The molecule has 33 heavy (non-hydrogen) atoms. The van der Waals surface area contributed by atoms with Crippen LogP contribution < -0.4 is 5.73 Å². The lowest BCUT2D eigenvalue weighted by atomic mass is 10.1. The number of nitrogens with zero attached hydrogens (tertiary/aromatic N) is 5. The Morgan fingerprint density at radius 1 is 1.12 bits per heavy atom. The molecule has 3 heterocycles. The van der Waals surface area contributed by atoms with Crippen LogP contribution in [0.15, 0.2) is 47.8 Å². The minimum Gasteiger partial charge on any atom is -0.364 e. The number of rotatable bonds is 6. The maximum Gasteiger partial charge on any atom is 0.269 e. The highest BCUT2D eigenvalue weighted by atomic mass is 32.2. The van der Waals surface area contributed by atoms with E-state index in [4.69, 9.17) is 5.73 Å². The van der Waals surface area contributed by atoms with Gasteiger partial charge in [-0.3, -0.25) is 24.0 Å². The topological polar surface area (TPSA) is 124 Å². The first-order chi connectivity index (χ1) is 15.9. The van der Waals surface area contributed by atoms with Gasteiger partial charge in [-0.05, 0) is 37.8 Å². The molecule has 0 saturated heterocycles. The summed E-state index contributed by atoms with van der Waals surface area (Å²) in [5.41, 5.74) is 7.94. The number of carbonyl (C=O) groups excluding carboxylic acids is 3. The number of carbonyl (C=O) groups is 3. The van der Waals surface area contributed by atoms with Crippen molar-refractivity contribution in [1.82, 2.24) is 24.6 Å². The van der Waals surface area contributed by atoms with Gasteiger partial charge in [0.15, 0.2) is 10.9 Å². The standard InChI is InChI=1S/C23H20N6O3S/c1-12(9-10-28-21(31)14-5-3-4-6-15(14)22(28)32)29-19-16(18(27-29)20(24)30)8-7-13-11-25-23(33-2)26-17(13)19/h3-8,11-12H,9-10H2,1-2H3,(H2,24,30). The largest absolute Gasteiger partial charge is 0.364 e. The normalized spacial score (nSPS) is 14.3. The van der Waals surface area contributed by atoms with Gasteiger partial charge in [0.05, 0.1) is 22.7 Å². The van der Waals surface area contributed by atoms with Crippen molar-refractivity contribution in [3.8, 4) is 0 Å². The summed E-state index contributed by atoms with van der Waals surface area (Å²) in [4.78, 5) is 47.7. The van der Waals surface area contributed by atoms with Crippen LogP contribution in [0.5, 0.6) is 0 Å². The van der Waals surface area contributed by atoms with Crippen LogP contribution >= 0.6 is 11.8 Å². The Hall–Kier alpha value is -3.79. The predicted molar refractivity (Wildman–Crippen MR) is 124 cm³/mol. The second kappa shape index (κ2) is 7.96. The zero-order valence-corrected chi connectivity index (χ0v) is 18.8. The molecule has 1 aliphatic rings. The van der Waals surface area contributed by atoms with Crippen LogP contribution in [0.4, 0.5) is 0 Å². The van der Waals surface area contributed by atoms with E-state index in [0.29, 0.717) is 39.1 Å². The average Bonchev–Trinajstić information content (AvgIpc) is 3.34. The molecule has 9 nitrogen and oxygen atoms in total. The summed E-state index contributed by atoms with van der Waals surface area (Å²) in [5.74, 6) is -1.23. The first kappa shape index (κ1) is 21.1. The molecule has 0 fully saturated rings. The summed E-state index contributed by atoms with van der Waals surface area (Å²) < 4.78 is 1.72. The molecule has 0 bridgehead atoms. The van der Waals surface area contributed by atoms with Crippen molar-refractivity contribution in [1.29, 1.82) is 0 Å². The minimum absolute atomic E-state index is 0.156. The molecule has 2 aromatic carbocycles. The van der Waals surface area contributed by atoms with Gasteiger partial charge in [0.2, 0.25) is 0 Å². The van der Waals surface area contributed by atoms with Crippen molar-refractivity contribution < 1.29 is 14.4 Å². The van der Waals surface area contributed by atoms with Gasteiger partial charge in [0.25, 0.3) is 17.7 Å². The van der Waals surface area contributed by atoms with Crippen LogP contribution in [-0.4, -0.2) is 55.2 Å². The second-order valence-electron chi connectivity index (χ2n) is 7.86. The predicted octanol–water partition coefficient (Wildman–Crippen LogP) is 3.05. The number of thioether (sulfide) groups is 1. The Balaban J connectivity index is 1.53. The number of fused-ring (bicyclic) bond motifs is 4. The molecule has 2 N–H and O–H groups in total. The third-order valence-electron chi connectivity index (χ3n) is 5.88. The fourth-order valence-corrected chi connectivity index (χ4v) is 4.52. The summed E-state index contributed by atoms with van der Waals surface area (Å²) in [5, 5.41) is 6.52. The fourth-order valence-electron chi connectivity index (χ4n) is 4.18. The fraction of sp³-hybridized carbons (Fsp3) is 0.217. The van der Waals surface area contributed by atoms with Crippen LogP contribution in [0.25, 0.3) is 21.8 Å². The quantitative estimate of drug-likeness (QED) is 0.266. The SMILES string of the molecule is CSc1ncc2ccc3c(C(N)=O)nn(C(C)CCN4C(=O)c5ccccc5C4=O)c3c2n1. The summed E-state index contributed by atoms with van der Waals surface area (Å²) in [7, 11) is 0. The molecule has 0 saturated carbocycles. The van der Waals surface area contributed by atoms with E-state index < -0.39 is 5.91 Å². The molecule has 1 unspecified atom stereocenters. The molecule has 10 heteroatoms. The molecule has 2 aromatic heterocycles. The highest BCUT2D eigenvalue weighted by Crippen LogP contribution is 2.31. The lowest BCUT2D eigenvalue weighted by Crippen LogP contribution is -2.32. The molecule has 1 atom stereocenters. The number of benzene rings is 2. The molecule has 5 rings (SSSR count). The molecule has 0 spiro atoms. The van der Waals surface area contributed by atoms with Crippen molar-refractivity contribution in [2.45, 2.75) is 24.5 Å². The first-order valence-electron chi connectivity index (χ1n) is 10.4. The third-order valence-corrected chi connectivity index (χ3v) is 6.44. The van der Waals surface area contributed by atoms with Gasteiger partial charge in [-0.2, -0.15) is 5.10 Å². The summed E-state index contributed by atoms with van der Waals surface area (Å²) in [6.45, 7) is 2.14. The highest BCUT2D eigenvalue weighted by Gasteiger charge is 2.35. The summed E-state index contributed by atoms with van der Waals surface area (Å²) in [6, 6.07) is 10.2. The summed E-state index contributed by atoms with van der Waals surface area (Å²) in [6.07, 6.45) is 4.06. The van der Waals surface area contributed by atoms with Gasteiger partial charge in [0, 0.05) is 23.5 Å². The number of amides is 3. The molecular weight excluding hydrogens is 440 g/mol. The van der Waals surface area contributed by atoms with E-state index in [0.717, 1.165) is 5.39 Å². The van der Waals surface area contributed by atoms with E-state index in [1.807, 2.05) is 19.2 Å². The number of imide groups is 1. The van der Waals surface area contributed by atoms with Crippen LogP contribution in [0.1, 0.15) is 50.6 Å². The van der Waals surface area contributed by atoms with Crippen molar-refractivity contribution >= 4 is 51.3 Å². The highest BCUT2D eigenvalue weighted by molar-refractivity contribution is 7.98.